The highest BCUT2D eigenvalue weighted by molar-refractivity contribution is 6.31. The summed E-state index contributed by atoms with van der Waals surface area (Å²) < 4.78 is 5.13. The van der Waals surface area contributed by atoms with Crippen LogP contribution in [0, 0.1) is 10.1 Å². The lowest BCUT2D eigenvalue weighted by atomic mass is 9.81. The van der Waals surface area contributed by atoms with Crippen LogP contribution in [0.4, 0.5) is 5.69 Å². The largest absolute Gasteiger partial charge is 0.379 e. The predicted octanol–water partition coefficient (Wildman–Crippen LogP) is 2.54. The van der Waals surface area contributed by atoms with Crippen LogP contribution in [0.15, 0.2) is 18.2 Å². The topological polar surface area (TPSA) is 52.4 Å². The highest BCUT2D eigenvalue weighted by atomic mass is 35.5. The van der Waals surface area contributed by atoms with E-state index in [-0.39, 0.29) is 11.1 Å². The van der Waals surface area contributed by atoms with E-state index in [1.165, 1.54) is 12.1 Å². The number of rotatable bonds is 2. The highest BCUT2D eigenvalue weighted by Gasteiger charge is 2.37. The molecule has 0 aliphatic carbocycles. The number of nitro groups is 1. The Balaban J connectivity index is 2.38. The quantitative estimate of drug-likeness (QED) is 0.576. The van der Waals surface area contributed by atoms with Gasteiger partial charge >= 0.3 is 0 Å². The zero-order chi connectivity index (χ0) is 11.1. The molecular formula is C10H10ClNO3. The second kappa shape index (κ2) is 3.47. The molecular weight excluding hydrogens is 218 g/mol. The normalized spacial score (nSPS) is 18.3. The van der Waals surface area contributed by atoms with E-state index in [1.54, 1.807) is 6.07 Å². The average Bonchev–Trinajstić information content (AvgIpc) is 2.14. The number of nitrogens with zero attached hydrogens (tertiary/aromatic N) is 1. The molecule has 0 N–H and O–H groups in total. The van der Waals surface area contributed by atoms with Crippen molar-refractivity contribution >= 4 is 17.3 Å². The van der Waals surface area contributed by atoms with Gasteiger partial charge in [0, 0.05) is 17.5 Å². The van der Waals surface area contributed by atoms with Crippen molar-refractivity contribution in [2.24, 2.45) is 0 Å². The molecule has 1 aliphatic heterocycles. The molecule has 1 aromatic carbocycles. The third kappa shape index (κ3) is 1.70. The number of hydrogen-bond acceptors (Lipinski definition) is 3. The van der Waals surface area contributed by atoms with Crippen molar-refractivity contribution in [1.29, 1.82) is 0 Å². The molecule has 5 heteroatoms. The first-order valence-electron chi connectivity index (χ1n) is 4.55. The first-order chi connectivity index (χ1) is 7.03. The number of non-ortho nitro benzene ring substituents is 1. The maximum absolute atomic E-state index is 10.5. The zero-order valence-electron chi connectivity index (χ0n) is 8.20. The predicted molar refractivity (Wildman–Crippen MR) is 56.3 cm³/mol. The van der Waals surface area contributed by atoms with E-state index in [0.717, 1.165) is 5.56 Å². The Morgan fingerprint density at radius 1 is 1.53 bits per heavy atom. The summed E-state index contributed by atoms with van der Waals surface area (Å²) in [7, 11) is 0. The minimum atomic E-state index is -0.449. The number of hydrogen-bond donors (Lipinski definition) is 0. The van der Waals surface area contributed by atoms with Crippen LogP contribution in [-0.2, 0) is 10.2 Å². The first-order valence-corrected chi connectivity index (χ1v) is 4.93. The summed E-state index contributed by atoms with van der Waals surface area (Å²) in [6.07, 6.45) is 0. The van der Waals surface area contributed by atoms with Gasteiger partial charge in [0.1, 0.15) is 0 Å². The standard InChI is InChI=1S/C10H10ClNO3/c1-10(5-15-6-10)8-3-2-7(12(13)14)4-9(8)11/h2-4H,5-6H2,1H3. The molecule has 15 heavy (non-hydrogen) atoms. The van der Waals surface area contributed by atoms with Gasteiger partial charge in [-0.2, -0.15) is 0 Å². The molecule has 0 radical (unpaired) electrons. The summed E-state index contributed by atoms with van der Waals surface area (Å²) in [5, 5.41) is 11.0. The fourth-order valence-corrected chi connectivity index (χ4v) is 2.07. The van der Waals surface area contributed by atoms with Gasteiger partial charge in [-0.25, -0.2) is 0 Å². The second-order valence-electron chi connectivity index (χ2n) is 3.97. The third-order valence-corrected chi connectivity index (χ3v) is 2.97. The summed E-state index contributed by atoms with van der Waals surface area (Å²) in [6, 6.07) is 4.58. The van der Waals surface area contributed by atoms with Gasteiger partial charge in [0.05, 0.1) is 23.2 Å². The van der Waals surface area contributed by atoms with E-state index in [4.69, 9.17) is 16.3 Å². The van der Waals surface area contributed by atoms with E-state index in [1.807, 2.05) is 6.92 Å². The summed E-state index contributed by atoms with van der Waals surface area (Å²) in [6.45, 7) is 3.26. The van der Waals surface area contributed by atoms with Crippen LogP contribution in [0.3, 0.4) is 0 Å². The van der Waals surface area contributed by atoms with Gasteiger partial charge in [-0.1, -0.05) is 18.5 Å². The summed E-state index contributed by atoms with van der Waals surface area (Å²) in [5.41, 5.74) is 0.847. The van der Waals surface area contributed by atoms with Gasteiger partial charge in [0.15, 0.2) is 0 Å². The molecule has 1 saturated heterocycles. The summed E-state index contributed by atoms with van der Waals surface area (Å²) in [4.78, 5) is 10.1. The van der Waals surface area contributed by atoms with Crippen molar-refractivity contribution in [3.8, 4) is 0 Å². The lowest BCUT2D eigenvalue weighted by Crippen LogP contribution is -2.44. The van der Waals surface area contributed by atoms with Crippen LogP contribution in [-0.4, -0.2) is 18.1 Å². The van der Waals surface area contributed by atoms with Gasteiger partial charge in [-0.3, -0.25) is 10.1 Å². The first kappa shape index (κ1) is 10.4. The van der Waals surface area contributed by atoms with E-state index in [2.05, 4.69) is 0 Å². The molecule has 4 nitrogen and oxygen atoms in total. The van der Waals surface area contributed by atoms with E-state index in [9.17, 15) is 10.1 Å². The zero-order valence-corrected chi connectivity index (χ0v) is 8.95. The Morgan fingerprint density at radius 3 is 2.60 bits per heavy atom. The van der Waals surface area contributed by atoms with E-state index in [0.29, 0.717) is 18.2 Å². The van der Waals surface area contributed by atoms with Crippen LogP contribution in [0.5, 0.6) is 0 Å². The van der Waals surface area contributed by atoms with Gasteiger partial charge in [-0.05, 0) is 11.6 Å². The molecule has 1 fully saturated rings. The Morgan fingerprint density at radius 2 is 2.20 bits per heavy atom. The fraction of sp³-hybridized carbons (Fsp3) is 0.400. The minimum Gasteiger partial charge on any atom is -0.379 e. The molecule has 0 aromatic heterocycles. The maximum Gasteiger partial charge on any atom is 0.270 e. The van der Waals surface area contributed by atoms with Crippen molar-refractivity contribution < 1.29 is 9.66 Å². The smallest absolute Gasteiger partial charge is 0.270 e. The molecule has 2 rings (SSSR count). The van der Waals surface area contributed by atoms with Crippen LogP contribution in [0.2, 0.25) is 5.02 Å². The number of halogens is 1. The van der Waals surface area contributed by atoms with Crippen molar-refractivity contribution in [3.05, 3.63) is 38.9 Å². The van der Waals surface area contributed by atoms with Crippen molar-refractivity contribution in [1.82, 2.24) is 0 Å². The second-order valence-corrected chi connectivity index (χ2v) is 4.38. The summed E-state index contributed by atoms with van der Waals surface area (Å²) in [5.74, 6) is 0. The molecule has 1 aromatic rings. The monoisotopic (exact) mass is 227 g/mol. The molecule has 0 saturated carbocycles. The maximum atomic E-state index is 10.5. The van der Waals surface area contributed by atoms with Crippen LogP contribution >= 0.6 is 11.6 Å². The molecule has 80 valence electrons. The molecule has 1 aliphatic rings. The molecule has 1 heterocycles. The van der Waals surface area contributed by atoms with Crippen LogP contribution in [0.1, 0.15) is 12.5 Å². The van der Waals surface area contributed by atoms with Crippen molar-refractivity contribution in [2.45, 2.75) is 12.3 Å². The van der Waals surface area contributed by atoms with Gasteiger partial charge < -0.3 is 4.74 Å². The van der Waals surface area contributed by atoms with Gasteiger partial charge in [0.2, 0.25) is 0 Å². The van der Waals surface area contributed by atoms with E-state index < -0.39 is 4.92 Å². The Bertz CT molecular complexity index is 415. The number of ether oxygens (including phenoxy) is 1. The van der Waals surface area contributed by atoms with Crippen LogP contribution < -0.4 is 0 Å². The van der Waals surface area contributed by atoms with Gasteiger partial charge in [-0.15, -0.1) is 0 Å². The van der Waals surface area contributed by atoms with E-state index >= 15 is 0 Å². The average molecular weight is 228 g/mol. The molecule has 0 unspecified atom stereocenters. The number of benzene rings is 1. The Labute approximate surface area is 92.0 Å². The Hall–Kier alpha value is -1.13. The Kier molecular flexibility index (Phi) is 2.40. The minimum absolute atomic E-state index is 0.0209. The van der Waals surface area contributed by atoms with Gasteiger partial charge in [0.25, 0.3) is 5.69 Å². The SMILES string of the molecule is CC1(c2ccc([N+](=O)[O-])cc2Cl)COC1. The van der Waals surface area contributed by atoms with Crippen molar-refractivity contribution in [2.75, 3.05) is 13.2 Å². The summed E-state index contributed by atoms with van der Waals surface area (Å²) >= 11 is 6.01. The molecule has 0 amide bonds. The lowest BCUT2D eigenvalue weighted by Gasteiger charge is -2.38. The van der Waals surface area contributed by atoms with Crippen LogP contribution in [0.25, 0.3) is 0 Å². The molecule has 0 atom stereocenters. The lowest BCUT2D eigenvalue weighted by molar-refractivity contribution is -0.384. The van der Waals surface area contributed by atoms with Crippen molar-refractivity contribution in [3.63, 3.8) is 0 Å². The molecule has 0 spiro atoms. The number of nitro benzene ring substituents is 1. The fourth-order valence-electron chi connectivity index (χ4n) is 1.67. The molecule has 0 bridgehead atoms. The highest BCUT2D eigenvalue weighted by Crippen LogP contribution is 2.37. The third-order valence-electron chi connectivity index (χ3n) is 2.65.